The number of carbonyl (C=O) groups is 1. The van der Waals surface area contributed by atoms with E-state index < -0.39 is 11.0 Å². The first-order valence-corrected chi connectivity index (χ1v) is 14.2. The maximum absolute atomic E-state index is 13.1. The van der Waals surface area contributed by atoms with E-state index in [9.17, 15) is 4.79 Å². The van der Waals surface area contributed by atoms with E-state index in [2.05, 4.69) is 44.2 Å². The zero-order chi connectivity index (χ0) is 27.9. The molecule has 6 nitrogen and oxygen atoms in total. The van der Waals surface area contributed by atoms with E-state index in [4.69, 9.17) is 26.5 Å². The molecule has 0 aliphatic carbocycles. The van der Waals surface area contributed by atoms with E-state index in [0.29, 0.717) is 5.02 Å². The van der Waals surface area contributed by atoms with Crippen LogP contribution in [0.15, 0.2) is 107 Å². The summed E-state index contributed by atoms with van der Waals surface area (Å²) in [6, 6.07) is 32.0. The zero-order valence-corrected chi connectivity index (χ0v) is 23.9. The maximum Gasteiger partial charge on any atom is 0.365 e. The lowest BCUT2D eigenvalue weighted by atomic mass is 9.90. The summed E-state index contributed by atoms with van der Waals surface area (Å²) in [5.74, 6) is -0.474. The molecule has 2 aliphatic heterocycles. The van der Waals surface area contributed by atoms with Crippen molar-refractivity contribution in [2.24, 2.45) is 10.2 Å². The Bertz CT molecular complexity index is 1660. The minimum atomic E-state index is -1.06. The van der Waals surface area contributed by atoms with Crippen LogP contribution in [-0.4, -0.2) is 23.3 Å². The molecule has 0 N–H and O–H groups in total. The number of thioether (sulfide) groups is 1. The molecule has 4 aromatic carbocycles. The van der Waals surface area contributed by atoms with E-state index in [1.165, 1.54) is 11.8 Å². The number of hydrogen-bond acceptors (Lipinski definition) is 7. The van der Waals surface area contributed by atoms with Crippen molar-refractivity contribution < 1.29 is 9.53 Å². The predicted octanol–water partition coefficient (Wildman–Crippen LogP) is 7.47. The molecule has 1 atom stereocenters. The molecule has 0 unspecified atom stereocenters. The number of hydrazone groups is 2. The van der Waals surface area contributed by atoms with E-state index in [1.807, 2.05) is 76.7 Å². The number of halogens is 1. The lowest BCUT2D eigenvalue weighted by Gasteiger charge is -2.47. The highest BCUT2D eigenvalue weighted by Gasteiger charge is 2.56. The van der Waals surface area contributed by atoms with Crippen LogP contribution < -0.4 is 10.0 Å². The molecule has 0 radical (unpaired) electrons. The van der Waals surface area contributed by atoms with Gasteiger partial charge in [-0.3, -0.25) is 0 Å². The summed E-state index contributed by atoms with van der Waals surface area (Å²) >= 11 is 7.60. The Morgan fingerprint density at radius 3 is 2.27 bits per heavy atom. The van der Waals surface area contributed by atoms with Crippen molar-refractivity contribution in [2.75, 3.05) is 16.6 Å². The number of para-hydroxylation sites is 1. The number of esters is 1. The van der Waals surface area contributed by atoms with Crippen molar-refractivity contribution >= 4 is 51.5 Å². The number of ether oxygens (including phenoxy) is 1. The van der Waals surface area contributed by atoms with Gasteiger partial charge in [-0.15, -0.1) is 0 Å². The summed E-state index contributed by atoms with van der Waals surface area (Å²) < 4.78 is 5.42. The molecule has 0 saturated carbocycles. The van der Waals surface area contributed by atoms with Gasteiger partial charge in [-0.2, -0.15) is 10.2 Å². The third kappa shape index (κ3) is 4.35. The van der Waals surface area contributed by atoms with Gasteiger partial charge in [0.25, 0.3) is 0 Å². The summed E-state index contributed by atoms with van der Waals surface area (Å²) in [5, 5.41) is 14.9. The number of anilines is 2. The minimum absolute atomic E-state index is 0.248. The van der Waals surface area contributed by atoms with Crippen LogP contribution in [0.25, 0.3) is 0 Å². The average molecular weight is 567 g/mol. The summed E-state index contributed by atoms with van der Waals surface area (Å²) in [5.41, 5.74) is 7.72. The molecular weight excluding hydrogens is 540 g/mol. The molecule has 2 aliphatic rings. The van der Waals surface area contributed by atoms with Crippen LogP contribution in [0.5, 0.6) is 0 Å². The number of nitrogens with zero attached hydrogens (tertiary/aromatic N) is 4. The third-order valence-electron chi connectivity index (χ3n) is 6.91. The van der Waals surface area contributed by atoms with Crippen LogP contribution in [0.2, 0.25) is 5.02 Å². The van der Waals surface area contributed by atoms with Gasteiger partial charge >= 0.3 is 5.97 Å². The molecule has 0 aromatic heterocycles. The molecule has 0 fully saturated rings. The fourth-order valence-corrected chi connectivity index (χ4v) is 6.46. The highest BCUT2D eigenvalue weighted by Crippen LogP contribution is 2.55. The highest BCUT2D eigenvalue weighted by atomic mass is 35.5. The Balaban J connectivity index is 1.66. The minimum Gasteiger partial charge on any atom is -0.461 e. The van der Waals surface area contributed by atoms with Gasteiger partial charge in [-0.25, -0.2) is 14.8 Å². The van der Waals surface area contributed by atoms with E-state index in [-0.39, 0.29) is 11.7 Å². The largest absolute Gasteiger partial charge is 0.461 e. The summed E-state index contributed by atoms with van der Waals surface area (Å²) in [6.45, 7) is 6.23. The van der Waals surface area contributed by atoms with Crippen molar-refractivity contribution in [1.29, 1.82) is 0 Å². The monoisotopic (exact) mass is 566 g/mol. The van der Waals surface area contributed by atoms with Gasteiger partial charge in [0.1, 0.15) is 0 Å². The van der Waals surface area contributed by atoms with Crippen molar-refractivity contribution in [3.8, 4) is 0 Å². The molecular formula is C32H27ClN4O2S. The molecule has 0 amide bonds. The number of rotatable bonds is 5. The van der Waals surface area contributed by atoms with Gasteiger partial charge in [0.05, 0.1) is 23.7 Å². The van der Waals surface area contributed by atoms with Gasteiger partial charge in [0.15, 0.2) is 0 Å². The van der Waals surface area contributed by atoms with Crippen LogP contribution in [-0.2, 0) is 14.5 Å². The lowest BCUT2D eigenvalue weighted by molar-refractivity contribution is -0.134. The van der Waals surface area contributed by atoms with E-state index in [0.717, 1.165) is 44.9 Å². The molecule has 40 heavy (non-hydrogen) atoms. The Labute approximate surface area is 242 Å². The second-order valence-corrected chi connectivity index (χ2v) is 11.2. The third-order valence-corrected chi connectivity index (χ3v) is 8.45. The van der Waals surface area contributed by atoms with Crippen LogP contribution in [0, 0.1) is 13.8 Å². The van der Waals surface area contributed by atoms with Gasteiger partial charge in [0.2, 0.25) is 10.0 Å². The average Bonchev–Trinajstić information content (AvgIpc) is 3.37. The number of fused-ring (bicyclic) bond motifs is 2. The molecule has 200 valence electrons. The molecule has 8 heteroatoms. The van der Waals surface area contributed by atoms with Crippen molar-refractivity contribution in [3.63, 3.8) is 0 Å². The normalized spacial score (nSPS) is 17.9. The molecule has 6 rings (SSSR count). The maximum atomic E-state index is 13.1. The molecule has 1 spiro atoms. The second-order valence-electron chi connectivity index (χ2n) is 9.58. The number of benzene rings is 4. The Kier molecular flexibility index (Phi) is 6.86. The summed E-state index contributed by atoms with van der Waals surface area (Å²) in [4.78, 5) is 12.1. The Morgan fingerprint density at radius 2 is 1.52 bits per heavy atom. The predicted molar refractivity (Wildman–Crippen MR) is 164 cm³/mol. The van der Waals surface area contributed by atoms with Gasteiger partial charge in [0, 0.05) is 21.7 Å². The van der Waals surface area contributed by atoms with Crippen LogP contribution in [0.4, 0.5) is 11.4 Å². The molecule has 0 bridgehead atoms. The fraction of sp³-hybridized carbons (Fsp3) is 0.156. The Hall–Kier alpha value is -4.07. The second kappa shape index (κ2) is 10.5. The van der Waals surface area contributed by atoms with Gasteiger partial charge < -0.3 is 4.74 Å². The first-order valence-electron chi connectivity index (χ1n) is 13.0. The highest BCUT2D eigenvalue weighted by molar-refractivity contribution is 8.16. The lowest BCUT2D eigenvalue weighted by Crippen LogP contribution is -2.54. The number of aryl methyl sites for hydroxylation is 2. The van der Waals surface area contributed by atoms with Gasteiger partial charge in [-0.05, 0) is 80.6 Å². The van der Waals surface area contributed by atoms with Crippen LogP contribution in [0.1, 0.15) is 34.7 Å². The van der Waals surface area contributed by atoms with Crippen molar-refractivity contribution in [3.05, 3.63) is 130 Å². The number of hydrogen-bond donors (Lipinski definition) is 0. The molecule has 4 aromatic rings. The van der Waals surface area contributed by atoms with Crippen molar-refractivity contribution in [1.82, 2.24) is 0 Å². The van der Waals surface area contributed by atoms with Crippen LogP contribution in [0.3, 0.4) is 0 Å². The molecule has 2 heterocycles. The fourth-order valence-electron chi connectivity index (χ4n) is 5.05. The SMILES string of the molecule is CCOC(=O)C1=NN(c2ccc(Cl)cc2)[C@]2(S1)c1ccccc1C(c1cc(C)ccc1C)=NN2c1ccccc1. The van der Waals surface area contributed by atoms with E-state index in [1.54, 1.807) is 6.92 Å². The summed E-state index contributed by atoms with van der Waals surface area (Å²) in [7, 11) is 0. The first-order chi connectivity index (χ1) is 19.4. The smallest absolute Gasteiger partial charge is 0.365 e. The van der Waals surface area contributed by atoms with E-state index >= 15 is 0 Å². The first kappa shape index (κ1) is 26.2. The quantitative estimate of drug-likeness (QED) is 0.235. The van der Waals surface area contributed by atoms with Crippen molar-refractivity contribution in [2.45, 2.75) is 25.8 Å². The number of carbonyl (C=O) groups excluding carboxylic acids is 1. The molecule has 0 saturated heterocycles. The zero-order valence-electron chi connectivity index (χ0n) is 22.3. The standard InChI is InChI=1S/C32H27ClN4O2S/c1-4-39-31(38)30-35-37(25-18-16-23(33)17-19-25)32(40-30)28-13-9-8-12-26(28)29(27-20-21(2)14-15-22(27)3)34-36(32)24-10-6-5-7-11-24/h5-20H,4H2,1-3H3/t32-/m0/s1. The topological polar surface area (TPSA) is 57.5 Å². The summed E-state index contributed by atoms with van der Waals surface area (Å²) in [6.07, 6.45) is 0. The van der Waals surface area contributed by atoms with Crippen LogP contribution >= 0.6 is 23.4 Å². The Morgan fingerprint density at radius 1 is 0.850 bits per heavy atom. The van der Waals surface area contributed by atoms with Gasteiger partial charge in [-0.1, -0.05) is 71.8 Å².